The number of benzene rings is 8. The molecule has 0 radical (unpaired) electrons. The molecule has 2 heterocycles. The molecule has 0 aliphatic carbocycles. The third-order valence-electron chi connectivity index (χ3n) is 9.65. The van der Waals surface area contributed by atoms with E-state index in [1.54, 1.807) is 0 Å². The molecule has 0 saturated heterocycles. The Morgan fingerprint density at radius 1 is 0.388 bits per heavy atom. The first kappa shape index (κ1) is 27.9. The molecule has 230 valence electrons. The monoisotopic (exact) mass is 643 g/mol. The zero-order valence-electron chi connectivity index (χ0n) is 26.5. The second-order valence-corrected chi connectivity index (χ2v) is 13.6. The van der Waals surface area contributed by atoms with Gasteiger partial charge in [-0.2, -0.15) is 0 Å². The number of rotatable bonds is 5. The van der Waals surface area contributed by atoms with Gasteiger partial charge in [-0.05, 0) is 93.7 Å². The number of para-hydroxylation sites is 1. The van der Waals surface area contributed by atoms with Crippen molar-refractivity contribution in [3.63, 3.8) is 0 Å². The Bertz CT molecular complexity index is 2830. The van der Waals surface area contributed by atoms with Gasteiger partial charge in [0.25, 0.3) is 0 Å². The predicted octanol–water partition coefficient (Wildman–Crippen LogP) is 13.9. The van der Waals surface area contributed by atoms with Crippen LogP contribution in [0.1, 0.15) is 0 Å². The maximum atomic E-state index is 6.22. The van der Waals surface area contributed by atoms with Gasteiger partial charge in [-0.25, -0.2) is 0 Å². The van der Waals surface area contributed by atoms with Crippen LogP contribution in [0, 0.1) is 0 Å². The van der Waals surface area contributed by atoms with Gasteiger partial charge in [-0.15, -0.1) is 11.3 Å². The number of thiophene rings is 1. The summed E-state index contributed by atoms with van der Waals surface area (Å²) in [6, 6.07) is 63.3. The first-order chi connectivity index (χ1) is 24.3. The van der Waals surface area contributed by atoms with Crippen LogP contribution in [0.5, 0.6) is 0 Å². The average Bonchev–Trinajstić information content (AvgIpc) is 3.74. The molecule has 0 bridgehead atoms. The summed E-state index contributed by atoms with van der Waals surface area (Å²) >= 11 is 1.85. The van der Waals surface area contributed by atoms with Crippen LogP contribution in [0.3, 0.4) is 0 Å². The predicted molar refractivity (Wildman–Crippen MR) is 210 cm³/mol. The normalized spacial score (nSPS) is 11.7. The van der Waals surface area contributed by atoms with E-state index < -0.39 is 0 Å². The van der Waals surface area contributed by atoms with Gasteiger partial charge < -0.3 is 9.32 Å². The van der Waals surface area contributed by atoms with Gasteiger partial charge in [-0.3, -0.25) is 0 Å². The Kier molecular flexibility index (Phi) is 6.39. The highest BCUT2D eigenvalue weighted by Gasteiger charge is 2.19. The largest absolute Gasteiger partial charge is 0.456 e. The van der Waals surface area contributed by atoms with E-state index in [9.17, 15) is 0 Å². The first-order valence-electron chi connectivity index (χ1n) is 16.6. The lowest BCUT2D eigenvalue weighted by atomic mass is 9.97. The molecular formula is C46H29NOS. The Balaban J connectivity index is 1.10. The summed E-state index contributed by atoms with van der Waals surface area (Å²) in [6.07, 6.45) is 0. The van der Waals surface area contributed by atoms with Crippen molar-refractivity contribution in [3.8, 4) is 22.3 Å². The van der Waals surface area contributed by atoms with E-state index in [-0.39, 0.29) is 0 Å². The minimum atomic E-state index is 0.896. The standard InChI is InChI=1S/C46H29NOS/c1-2-9-30(10-3-1)32-17-19-35-28-33(18-20-34(35)27-32)31-21-23-36(24-22-31)47(37-25-26-44-41(29-37)38-11-4-6-15-43(38)48-44)42-14-8-13-40-39-12-5-7-16-45(39)49-46(40)42/h1-29H. The molecule has 2 nitrogen and oxygen atoms in total. The topological polar surface area (TPSA) is 16.4 Å². The fraction of sp³-hybridized carbons (Fsp3) is 0. The lowest BCUT2D eigenvalue weighted by Crippen LogP contribution is -2.10. The summed E-state index contributed by atoms with van der Waals surface area (Å²) < 4.78 is 8.78. The fourth-order valence-electron chi connectivity index (χ4n) is 7.23. The number of nitrogens with zero attached hydrogens (tertiary/aromatic N) is 1. The summed E-state index contributed by atoms with van der Waals surface area (Å²) in [5, 5.41) is 7.29. The molecule has 49 heavy (non-hydrogen) atoms. The lowest BCUT2D eigenvalue weighted by molar-refractivity contribution is 0.669. The molecule has 2 aromatic heterocycles. The highest BCUT2D eigenvalue weighted by atomic mass is 32.1. The van der Waals surface area contributed by atoms with Crippen molar-refractivity contribution in [3.05, 3.63) is 176 Å². The van der Waals surface area contributed by atoms with Gasteiger partial charge >= 0.3 is 0 Å². The number of hydrogen-bond acceptors (Lipinski definition) is 3. The maximum absolute atomic E-state index is 6.22. The minimum absolute atomic E-state index is 0.896. The SMILES string of the molecule is c1ccc(-c2ccc3cc(-c4ccc(N(c5ccc6oc7ccccc7c6c5)c5cccc6c5sc5ccccc56)cc4)ccc3c2)cc1. The van der Waals surface area contributed by atoms with Gasteiger partial charge in [0, 0.05) is 37.6 Å². The molecule has 0 unspecified atom stereocenters. The van der Waals surface area contributed by atoms with Crippen LogP contribution in [0.25, 0.3) is 75.1 Å². The van der Waals surface area contributed by atoms with Crippen molar-refractivity contribution in [1.82, 2.24) is 0 Å². The van der Waals surface area contributed by atoms with E-state index in [2.05, 4.69) is 169 Å². The van der Waals surface area contributed by atoms with E-state index in [1.165, 1.54) is 58.9 Å². The van der Waals surface area contributed by atoms with Crippen LogP contribution in [0.15, 0.2) is 180 Å². The zero-order valence-corrected chi connectivity index (χ0v) is 27.3. The van der Waals surface area contributed by atoms with Crippen LogP contribution in [-0.4, -0.2) is 0 Å². The van der Waals surface area contributed by atoms with E-state index in [0.717, 1.165) is 33.3 Å². The van der Waals surface area contributed by atoms with Crippen LogP contribution in [0.2, 0.25) is 0 Å². The quantitative estimate of drug-likeness (QED) is 0.186. The van der Waals surface area contributed by atoms with E-state index in [0.29, 0.717) is 0 Å². The summed E-state index contributed by atoms with van der Waals surface area (Å²) in [6.45, 7) is 0. The second-order valence-electron chi connectivity index (χ2n) is 12.6. The molecule has 0 fully saturated rings. The van der Waals surface area contributed by atoms with Gasteiger partial charge in [0.1, 0.15) is 11.2 Å². The smallest absolute Gasteiger partial charge is 0.135 e. The van der Waals surface area contributed by atoms with Crippen molar-refractivity contribution < 1.29 is 4.42 Å². The van der Waals surface area contributed by atoms with Crippen molar-refractivity contribution in [2.45, 2.75) is 0 Å². The third-order valence-corrected chi connectivity index (χ3v) is 10.9. The fourth-order valence-corrected chi connectivity index (χ4v) is 8.43. The van der Waals surface area contributed by atoms with Crippen molar-refractivity contribution in [2.75, 3.05) is 4.90 Å². The molecule has 10 rings (SSSR count). The maximum Gasteiger partial charge on any atom is 0.135 e. The van der Waals surface area contributed by atoms with Crippen LogP contribution >= 0.6 is 11.3 Å². The second kappa shape index (κ2) is 11.2. The highest BCUT2D eigenvalue weighted by molar-refractivity contribution is 7.26. The molecule has 0 spiro atoms. The van der Waals surface area contributed by atoms with Gasteiger partial charge in [0.2, 0.25) is 0 Å². The van der Waals surface area contributed by atoms with Crippen molar-refractivity contribution in [1.29, 1.82) is 0 Å². The molecule has 0 saturated carbocycles. The Morgan fingerprint density at radius 3 is 1.80 bits per heavy atom. The molecule has 0 atom stereocenters. The number of fused-ring (bicyclic) bond motifs is 7. The van der Waals surface area contributed by atoms with E-state index >= 15 is 0 Å². The Hall–Kier alpha value is -6.16. The van der Waals surface area contributed by atoms with E-state index in [1.807, 2.05) is 23.5 Å². The molecule has 0 aliphatic rings. The first-order valence-corrected chi connectivity index (χ1v) is 17.4. The van der Waals surface area contributed by atoms with Gasteiger partial charge in [0.05, 0.1) is 10.4 Å². The van der Waals surface area contributed by atoms with Crippen LogP contribution in [0.4, 0.5) is 17.1 Å². The number of anilines is 3. The molecule has 0 aliphatic heterocycles. The molecule has 0 N–H and O–H groups in total. The molecular weight excluding hydrogens is 615 g/mol. The molecule has 0 amide bonds. The zero-order chi connectivity index (χ0) is 32.3. The molecule has 8 aromatic carbocycles. The van der Waals surface area contributed by atoms with Gasteiger partial charge in [-0.1, -0.05) is 115 Å². The number of furan rings is 1. The lowest BCUT2D eigenvalue weighted by Gasteiger charge is -2.26. The average molecular weight is 644 g/mol. The summed E-state index contributed by atoms with van der Waals surface area (Å²) in [5.41, 5.74) is 10.0. The van der Waals surface area contributed by atoms with E-state index in [4.69, 9.17) is 4.42 Å². The van der Waals surface area contributed by atoms with Crippen molar-refractivity contribution in [2.24, 2.45) is 0 Å². The Labute approximate surface area is 287 Å². The minimum Gasteiger partial charge on any atom is -0.456 e. The highest BCUT2D eigenvalue weighted by Crippen LogP contribution is 2.46. The molecule has 3 heteroatoms. The summed E-state index contributed by atoms with van der Waals surface area (Å²) in [4.78, 5) is 2.40. The number of hydrogen-bond donors (Lipinski definition) is 0. The van der Waals surface area contributed by atoms with Crippen molar-refractivity contribution >= 4 is 81.3 Å². The Morgan fingerprint density at radius 2 is 1.00 bits per heavy atom. The third kappa shape index (κ3) is 4.70. The summed E-state index contributed by atoms with van der Waals surface area (Å²) in [5.74, 6) is 0. The summed E-state index contributed by atoms with van der Waals surface area (Å²) in [7, 11) is 0. The van der Waals surface area contributed by atoms with Gasteiger partial charge in [0.15, 0.2) is 0 Å². The van der Waals surface area contributed by atoms with Crippen LogP contribution < -0.4 is 4.90 Å². The van der Waals surface area contributed by atoms with Crippen LogP contribution in [-0.2, 0) is 0 Å². The molecule has 10 aromatic rings.